The summed E-state index contributed by atoms with van der Waals surface area (Å²) in [6, 6.07) is 0. The zero-order chi connectivity index (χ0) is 0. The van der Waals surface area contributed by atoms with Crippen LogP contribution in [0.3, 0.4) is 0 Å². The third kappa shape index (κ3) is 21.6. The van der Waals surface area contributed by atoms with E-state index >= 15 is 0 Å². The molecule has 0 unspecified atom stereocenters. The van der Waals surface area contributed by atoms with E-state index in [0.29, 0.717) is 0 Å². The molecule has 0 aliphatic heterocycles. The molecule has 0 aliphatic rings. The predicted octanol–water partition coefficient (Wildman–Crippen LogP) is 1.71. The average molecular weight is 239 g/mol. The molecule has 5 heteroatoms. The maximum absolute atomic E-state index is 0. The number of rotatable bonds is 0. The van der Waals surface area contributed by atoms with Crippen LogP contribution in [0, 0.1) is 0 Å². The van der Waals surface area contributed by atoms with E-state index in [-0.39, 0.29) is 70.1 Å². The van der Waals surface area contributed by atoms with E-state index in [1.165, 1.54) is 0 Å². The van der Waals surface area contributed by atoms with Crippen LogP contribution >= 0.6 is 19.8 Å². The first-order chi connectivity index (χ1) is 0. The first kappa shape index (κ1) is 53.0. The van der Waals surface area contributed by atoms with Crippen LogP contribution in [0.2, 0.25) is 0 Å². The summed E-state index contributed by atoms with van der Waals surface area (Å²) in [5.74, 6) is 0. The Kier molecular flexibility index (Phi) is 346. The van der Waals surface area contributed by atoms with Gasteiger partial charge in [-0.3, -0.25) is 0 Å². The predicted molar refractivity (Wildman–Crippen MR) is 13.8 cm³/mol. The molecule has 0 fully saturated rings. The van der Waals surface area contributed by atoms with Crippen LogP contribution in [-0.4, -0.2) is 0 Å². The molecule has 0 aromatic carbocycles. The van der Waals surface area contributed by atoms with Gasteiger partial charge in [0.05, 0.1) is 0 Å². The number of hydrogen-bond acceptors (Lipinski definition) is 0. The van der Waals surface area contributed by atoms with Crippen LogP contribution < -0.4 is 0 Å². The van der Waals surface area contributed by atoms with Crippen molar-refractivity contribution in [3.63, 3.8) is 0 Å². The van der Waals surface area contributed by atoms with Crippen molar-refractivity contribution < 1.29 is 50.3 Å². The molecule has 37 valence electrons. The van der Waals surface area contributed by atoms with Gasteiger partial charge in [0.25, 0.3) is 0 Å². The topological polar surface area (TPSA) is 0 Å². The molecule has 0 aromatic rings. The molecule has 0 amide bonds. The maximum Gasteiger partial charge on any atom is 2.00 e. The minimum Gasteiger partial charge on any atom is -3.00 e. The second kappa shape index (κ2) is 32.6. The molecule has 0 nitrogen and oxygen atoms in total. The maximum atomic E-state index is 0. The summed E-state index contributed by atoms with van der Waals surface area (Å²) in [5.41, 5.74) is 0. The van der Waals surface area contributed by atoms with Crippen molar-refractivity contribution in [2.75, 3.05) is 0 Å². The van der Waals surface area contributed by atoms with Crippen LogP contribution in [0.1, 0.15) is 0 Å². The van der Waals surface area contributed by atoms with Gasteiger partial charge in [0.2, 0.25) is 0 Å². The first-order valence-electron chi connectivity index (χ1n) is 0. The molecule has 3 radical (unpaired) electrons. The van der Waals surface area contributed by atoms with Gasteiger partial charge in [-0.25, -0.2) is 0 Å². The van der Waals surface area contributed by atoms with Gasteiger partial charge in [-0.15, -0.1) is 0 Å². The molecule has 0 atom stereocenters. The van der Waals surface area contributed by atoms with Crippen LogP contribution in [0.15, 0.2) is 0 Å². The van der Waals surface area contributed by atoms with Crippen molar-refractivity contribution in [3.8, 4) is 0 Å². The van der Waals surface area contributed by atoms with Gasteiger partial charge < -0.3 is 19.8 Å². The van der Waals surface area contributed by atoms with E-state index in [0.717, 1.165) is 0 Å². The van der Waals surface area contributed by atoms with Crippen LogP contribution in [0.4, 0.5) is 0 Å². The van der Waals surface area contributed by atoms with Crippen LogP contribution in [-0.2, 0) is 50.3 Å². The summed E-state index contributed by atoms with van der Waals surface area (Å²) in [6.45, 7) is 0. The zero-order valence-corrected chi connectivity index (χ0v) is 6.81. The number of hydrogen-bond donors (Lipinski definition) is 0. The summed E-state index contributed by atoms with van der Waals surface area (Å²) in [6.07, 6.45) is 0. The van der Waals surface area contributed by atoms with Gasteiger partial charge in [-0.2, -0.15) is 0 Å². The van der Waals surface area contributed by atoms with Crippen molar-refractivity contribution >= 4 is 19.8 Å². The van der Waals surface area contributed by atoms with E-state index in [2.05, 4.69) is 0 Å². The second-order valence-electron chi connectivity index (χ2n) is 0. The molecule has 0 heterocycles. The van der Waals surface area contributed by atoms with Gasteiger partial charge in [-0.1, -0.05) is 0 Å². The fourth-order valence-corrected chi connectivity index (χ4v) is 0. The standard InChI is InChI=1S/3Co.2P/q3*+2;2*-3. The normalized spacial score (nSPS) is 0. The Morgan fingerprint density at radius 1 is 0.400 bits per heavy atom. The third-order valence-corrected chi connectivity index (χ3v) is 0. The fraction of sp³-hybridized carbons (Fsp3) is 0. The Morgan fingerprint density at radius 2 is 0.400 bits per heavy atom. The molecule has 0 saturated heterocycles. The van der Waals surface area contributed by atoms with Gasteiger partial charge in [0, 0.05) is 0 Å². The van der Waals surface area contributed by atoms with E-state index in [1.807, 2.05) is 0 Å². The quantitative estimate of drug-likeness (QED) is 0.564. The minimum absolute atomic E-state index is 0. The third-order valence-electron chi connectivity index (χ3n) is 0. The van der Waals surface area contributed by atoms with Crippen molar-refractivity contribution in [2.24, 2.45) is 0 Å². The van der Waals surface area contributed by atoms with E-state index in [9.17, 15) is 0 Å². The van der Waals surface area contributed by atoms with E-state index in [1.54, 1.807) is 0 Å². The average Bonchev–Trinajstić information content (AvgIpc) is 0. The molecule has 0 bridgehead atoms. The molecule has 0 saturated carbocycles. The summed E-state index contributed by atoms with van der Waals surface area (Å²) in [5, 5.41) is 0. The van der Waals surface area contributed by atoms with Gasteiger partial charge in [0.15, 0.2) is 0 Å². The smallest absolute Gasteiger partial charge is 2.00 e. The van der Waals surface area contributed by atoms with Crippen molar-refractivity contribution in [2.45, 2.75) is 0 Å². The van der Waals surface area contributed by atoms with Crippen LogP contribution in [0.25, 0.3) is 0 Å². The van der Waals surface area contributed by atoms with Crippen molar-refractivity contribution in [1.29, 1.82) is 0 Å². The largest absolute Gasteiger partial charge is 3.00 e. The van der Waals surface area contributed by atoms with Crippen molar-refractivity contribution in [3.05, 3.63) is 0 Å². The second-order valence-corrected chi connectivity index (χ2v) is 0. The van der Waals surface area contributed by atoms with E-state index < -0.39 is 0 Å². The Labute approximate surface area is 69.8 Å². The molecule has 0 N–H and O–H groups in total. The molecule has 0 aromatic heterocycles. The van der Waals surface area contributed by atoms with Crippen LogP contribution in [0.5, 0.6) is 0 Å². The molecule has 0 rings (SSSR count). The Balaban J connectivity index is 0. The first-order valence-corrected chi connectivity index (χ1v) is 0. The fourth-order valence-electron chi connectivity index (χ4n) is 0. The molecular weight excluding hydrogens is 239 g/mol. The molecule has 0 aliphatic carbocycles. The van der Waals surface area contributed by atoms with Gasteiger partial charge in [-0.05, 0) is 0 Å². The van der Waals surface area contributed by atoms with E-state index in [4.69, 9.17) is 0 Å². The SMILES string of the molecule is [Co+2].[Co+2].[Co+2].[P-3].[P-3]. The Hall–Kier alpha value is 2.38. The monoisotopic (exact) mass is 239 g/mol. The minimum atomic E-state index is 0. The zero-order valence-electron chi connectivity index (χ0n) is 1.89. The summed E-state index contributed by atoms with van der Waals surface area (Å²) >= 11 is 0. The van der Waals surface area contributed by atoms with Gasteiger partial charge in [0.1, 0.15) is 0 Å². The summed E-state index contributed by atoms with van der Waals surface area (Å²) in [7, 11) is 0. The summed E-state index contributed by atoms with van der Waals surface area (Å²) in [4.78, 5) is 0. The molecule has 5 heavy (non-hydrogen) atoms. The summed E-state index contributed by atoms with van der Waals surface area (Å²) < 4.78 is 0. The van der Waals surface area contributed by atoms with Crippen molar-refractivity contribution in [1.82, 2.24) is 0 Å². The Morgan fingerprint density at radius 3 is 0.400 bits per heavy atom. The molecular formula is Co3P2. The van der Waals surface area contributed by atoms with Gasteiger partial charge >= 0.3 is 50.3 Å². The Bertz CT molecular complexity index is 4.85. The molecule has 0 spiro atoms.